The lowest BCUT2D eigenvalue weighted by atomic mass is 9.78. The first-order chi connectivity index (χ1) is 13.2. The SMILES string of the molecule is O=C(NCC(c1cccs1)N1CCCC1)NC1CCOC2(CCCCC2)C1. The molecule has 3 fully saturated rings. The zero-order valence-electron chi connectivity index (χ0n) is 16.3. The van der Waals surface area contributed by atoms with E-state index in [1.54, 1.807) is 11.3 Å². The highest BCUT2D eigenvalue weighted by molar-refractivity contribution is 7.10. The minimum atomic E-state index is -0.0198. The van der Waals surface area contributed by atoms with E-state index in [1.165, 1.54) is 37.0 Å². The Morgan fingerprint density at radius 3 is 2.81 bits per heavy atom. The Balaban J connectivity index is 1.29. The molecule has 1 spiro atoms. The zero-order valence-corrected chi connectivity index (χ0v) is 17.1. The Kier molecular flexibility index (Phi) is 6.35. The molecule has 1 aliphatic carbocycles. The lowest BCUT2D eigenvalue weighted by Crippen LogP contribution is -2.52. The van der Waals surface area contributed by atoms with Crippen LogP contribution in [0.5, 0.6) is 0 Å². The largest absolute Gasteiger partial charge is 0.375 e. The molecule has 0 radical (unpaired) electrons. The number of amides is 2. The maximum atomic E-state index is 12.6. The van der Waals surface area contributed by atoms with Crippen molar-refractivity contribution in [1.29, 1.82) is 0 Å². The number of nitrogens with one attached hydrogen (secondary N) is 2. The van der Waals surface area contributed by atoms with Gasteiger partial charge >= 0.3 is 6.03 Å². The van der Waals surface area contributed by atoms with Crippen molar-refractivity contribution < 1.29 is 9.53 Å². The summed E-state index contributed by atoms with van der Waals surface area (Å²) in [5, 5.41) is 8.53. The zero-order chi connectivity index (χ0) is 18.5. The van der Waals surface area contributed by atoms with Crippen molar-refractivity contribution >= 4 is 17.4 Å². The topological polar surface area (TPSA) is 53.6 Å². The molecule has 0 aromatic carbocycles. The summed E-state index contributed by atoms with van der Waals surface area (Å²) in [6.07, 6.45) is 10.6. The van der Waals surface area contributed by atoms with Crippen molar-refractivity contribution in [3.8, 4) is 0 Å². The van der Waals surface area contributed by atoms with Gasteiger partial charge in [0.1, 0.15) is 0 Å². The summed E-state index contributed by atoms with van der Waals surface area (Å²) in [5.74, 6) is 0. The van der Waals surface area contributed by atoms with Gasteiger partial charge in [0.2, 0.25) is 0 Å². The van der Waals surface area contributed by atoms with Gasteiger partial charge in [-0.25, -0.2) is 4.79 Å². The van der Waals surface area contributed by atoms with Crippen molar-refractivity contribution in [3.63, 3.8) is 0 Å². The van der Waals surface area contributed by atoms with Crippen LogP contribution >= 0.6 is 11.3 Å². The number of urea groups is 1. The predicted octanol–water partition coefficient (Wildman–Crippen LogP) is 4.07. The van der Waals surface area contributed by atoms with Crippen LogP contribution in [0.15, 0.2) is 17.5 Å². The van der Waals surface area contributed by atoms with Gasteiger partial charge in [0, 0.05) is 24.1 Å². The fourth-order valence-electron chi connectivity index (χ4n) is 5.07. The van der Waals surface area contributed by atoms with Crippen LogP contribution in [-0.2, 0) is 4.74 Å². The summed E-state index contributed by atoms with van der Waals surface area (Å²) in [6, 6.07) is 4.82. The molecule has 2 aliphatic heterocycles. The monoisotopic (exact) mass is 391 g/mol. The fraction of sp³-hybridized carbons (Fsp3) is 0.762. The molecule has 150 valence electrons. The number of carbonyl (C=O) groups is 1. The van der Waals surface area contributed by atoms with Crippen LogP contribution < -0.4 is 10.6 Å². The Hall–Kier alpha value is -1.11. The first kappa shape index (κ1) is 19.2. The van der Waals surface area contributed by atoms with Gasteiger partial charge in [-0.1, -0.05) is 25.3 Å². The molecule has 2 N–H and O–H groups in total. The third-order valence-electron chi connectivity index (χ3n) is 6.50. The predicted molar refractivity (Wildman–Crippen MR) is 109 cm³/mol. The molecular weight excluding hydrogens is 358 g/mol. The molecular formula is C21H33N3O2S. The Labute approximate surface area is 166 Å². The maximum absolute atomic E-state index is 12.6. The van der Waals surface area contributed by atoms with Crippen LogP contribution in [0.25, 0.3) is 0 Å². The molecule has 2 atom stereocenters. The highest BCUT2D eigenvalue weighted by Crippen LogP contribution is 2.38. The smallest absolute Gasteiger partial charge is 0.315 e. The Bertz CT molecular complexity index is 589. The van der Waals surface area contributed by atoms with E-state index < -0.39 is 0 Å². The molecule has 2 saturated heterocycles. The molecule has 1 saturated carbocycles. The molecule has 3 aliphatic rings. The molecule has 2 amide bonds. The molecule has 1 aromatic rings. The molecule has 0 bridgehead atoms. The fourth-order valence-corrected chi connectivity index (χ4v) is 5.93. The second-order valence-corrected chi connectivity index (χ2v) is 9.39. The lowest BCUT2D eigenvalue weighted by molar-refractivity contribution is -0.107. The quantitative estimate of drug-likeness (QED) is 0.796. The first-order valence-corrected chi connectivity index (χ1v) is 11.6. The van der Waals surface area contributed by atoms with E-state index in [4.69, 9.17) is 4.74 Å². The second kappa shape index (κ2) is 8.93. The van der Waals surface area contributed by atoms with Gasteiger partial charge in [0.05, 0.1) is 11.6 Å². The minimum Gasteiger partial charge on any atom is -0.375 e. The third-order valence-corrected chi connectivity index (χ3v) is 7.48. The van der Waals surface area contributed by atoms with E-state index in [1.807, 2.05) is 0 Å². The summed E-state index contributed by atoms with van der Waals surface area (Å²) < 4.78 is 6.16. The standard InChI is InChI=1S/C21H33N3O2S/c25-20(23-17-8-13-26-21(15-17)9-2-1-3-10-21)22-16-18(19-7-6-14-27-19)24-11-4-5-12-24/h6-7,14,17-18H,1-5,8-13,15-16H2,(H2,22,23,25). The van der Waals surface area contributed by atoms with Gasteiger partial charge in [0.25, 0.3) is 0 Å². The molecule has 27 heavy (non-hydrogen) atoms. The van der Waals surface area contributed by atoms with Gasteiger partial charge in [-0.15, -0.1) is 11.3 Å². The number of likely N-dealkylation sites (tertiary alicyclic amines) is 1. The molecule has 5 nitrogen and oxygen atoms in total. The number of hydrogen-bond donors (Lipinski definition) is 2. The third kappa shape index (κ3) is 4.84. The minimum absolute atomic E-state index is 0.0198. The molecule has 3 heterocycles. The molecule has 1 aromatic heterocycles. The number of carbonyl (C=O) groups excluding carboxylic acids is 1. The number of thiophene rings is 1. The number of ether oxygens (including phenoxy) is 1. The maximum Gasteiger partial charge on any atom is 0.315 e. The van der Waals surface area contributed by atoms with Gasteiger partial charge in [-0.2, -0.15) is 0 Å². The van der Waals surface area contributed by atoms with Crippen LogP contribution in [0.2, 0.25) is 0 Å². The summed E-state index contributed by atoms with van der Waals surface area (Å²) in [5.41, 5.74) is 0.0313. The number of rotatable bonds is 5. The first-order valence-electron chi connectivity index (χ1n) is 10.7. The van der Waals surface area contributed by atoms with Crippen molar-refractivity contribution in [2.75, 3.05) is 26.2 Å². The van der Waals surface area contributed by atoms with Crippen molar-refractivity contribution in [1.82, 2.24) is 15.5 Å². The number of hydrogen-bond acceptors (Lipinski definition) is 4. The summed E-state index contributed by atoms with van der Waals surface area (Å²) in [6.45, 7) is 3.72. The van der Waals surface area contributed by atoms with Crippen molar-refractivity contribution in [3.05, 3.63) is 22.4 Å². The van der Waals surface area contributed by atoms with E-state index in [0.717, 1.165) is 45.4 Å². The van der Waals surface area contributed by atoms with E-state index in [2.05, 4.69) is 33.0 Å². The van der Waals surface area contributed by atoms with E-state index in [9.17, 15) is 4.79 Å². The van der Waals surface area contributed by atoms with Crippen LogP contribution in [0, 0.1) is 0 Å². The van der Waals surface area contributed by atoms with Crippen LogP contribution in [0.1, 0.15) is 68.7 Å². The van der Waals surface area contributed by atoms with Gasteiger partial charge in [-0.3, -0.25) is 4.90 Å². The van der Waals surface area contributed by atoms with Gasteiger partial charge in [0.15, 0.2) is 0 Å². The summed E-state index contributed by atoms with van der Waals surface area (Å²) >= 11 is 1.79. The number of nitrogens with zero attached hydrogens (tertiary/aromatic N) is 1. The van der Waals surface area contributed by atoms with E-state index in [-0.39, 0.29) is 17.7 Å². The molecule has 6 heteroatoms. The summed E-state index contributed by atoms with van der Waals surface area (Å²) in [7, 11) is 0. The average Bonchev–Trinajstić information content (AvgIpc) is 3.37. The Morgan fingerprint density at radius 2 is 2.07 bits per heavy atom. The van der Waals surface area contributed by atoms with Gasteiger partial charge in [-0.05, 0) is 63.1 Å². The van der Waals surface area contributed by atoms with E-state index in [0.29, 0.717) is 12.6 Å². The van der Waals surface area contributed by atoms with Crippen LogP contribution in [-0.4, -0.2) is 48.8 Å². The average molecular weight is 392 g/mol. The lowest BCUT2D eigenvalue weighted by Gasteiger charge is -2.43. The van der Waals surface area contributed by atoms with Crippen molar-refractivity contribution in [2.24, 2.45) is 0 Å². The second-order valence-electron chi connectivity index (χ2n) is 8.41. The molecule has 4 rings (SSSR count). The Morgan fingerprint density at radius 1 is 1.26 bits per heavy atom. The summed E-state index contributed by atoms with van der Waals surface area (Å²) in [4.78, 5) is 16.5. The van der Waals surface area contributed by atoms with Gasteiger partial charge < -0.3 is 15.4 Å². The van der Waals surface area contributed by atoms with E-state index >= 15 is 0 Å². The molecule has 2 unspecified atom stereocenters. The normalized spacial score (nSPS) is 26.7. The van der Waals surface area contributed by atoms with Crippen LogP contribution in [0.3, 0.4) is 0 Å². The highest BCUT2D eigenvalue weighted by Gasteiger charge is 2.39. The van der Waals surface area contributed by atoms with Crippen molar-refractivity contribution in [2.45, 2.75) is 75.5 Å². The highest BCUT2D eigenvalue weighted by atomic mass is 32.1. The van der Waals surface area contributed by atoms with Crippen LogP contribution in [0.4, 0.5) is 4.79 Å².